The van der Waals surface area contributed by atoms with Crippen molar-refractivity contribution in [2.45, 2.75) is 6.42 Å². The Labute approximate surface area is 64.7 Å². The topological polar surface area (TPSA) is 38.3 Å². The van der Waals surface area contributed by atoms with Crippen LogP contribution in [0.5, 0.6) is 0 Å². The molecule has 0 aromatic heterocycles. The molecule has 0 bridgehead atoms. The van der Waals surface area contributed by atoms with Crippen LogP contribution in [0.25, 0.3) is 0 Å². The van der Waals surface area contributed by atoms with Gasteiger partial charge in [0, 0.05) is 0 Å². The van der Waals surface area contributed by atoms with Crippen LogP contribution < -0.4 is 5.32 Å². The molecule has 1 aliphatic heterocycles. The van der Waals surface area contributed by atoms with E-state index in [1.807, 2.05) is 18.2 Å². The molecule has 1 amide bonds. The zero-order valence-corrected chi connectivity index (χ0v) is 6.04. The molecule has 2 aliphatic rings. The fourth-order valence-electron chi connectivity index (χ4n) is 1.31. The Morgan fingerprint density at radius 2 is 2.55 bits per heavy atom. The maximum atomic E-state index is 11.2. The van der Waals surface area contributed by atoms with Crippen molar-refractivity contribution in [2.75, 3.05) is 6.73 Å². The van der Waals surface area contributed by atoms with Gasteiger partial charge in [-0.15, -0.1) is 0 Å². The number of rotatable bonds is 0. The molecule has 1 heterocycles. The predicted octanol–water partition coefficient (Wildman–Crippen LogP) is 0.550. The summed E-state index contributed by atoms with van der Waals surface area (Å²) in [6.45, 7) is 0.314. The van der Waals surface area contributed by atoms with Gasteiger partial charge in [-0.1, -0.05) is 12.2 Å². The number of fused-ring (bicyclic) bond motifs is 1. The summed E-state index contributed by atoms with van der Waals surface area (Å²) in [6, 6.07) is 0. The Hall–Kier alpha value is -1.25. The molecule has 0 saturated carbocycles. The molecule has 3 heteroatoms. The van der Waals surface area contributed by atoms with Crippen LogP contribution in [0.2, 0.25) is 0 Å². The molecule has 1 aliphatic carbocycles. The van der Waals surface area contributed by atoms with E-state index in [4.69, 9.17) is 4.74 Å². The minimum absolute atomic E-state index is 0.0752. The van der Waals surface area contributed by atoms with Gasteiger partial charge in [-0.05, 0) is 12.5 Å². The molecule has 1 saturated heterocycles. The number of nitrogens with one attached hydrogen (secondary N) is 1. The second-order valence-electron chi connectivity index (χ2n) is 2.62. The van der Waals surface area contributed by atoms with Crippen LogP contribution >= 0.6 is 0 Å². The maximum Gasteiger partial charge on any atom is 0.233 e. The number of carbonyl (C=O) groups excluding carboxylic acids is 1. The first kappa shape index (κ1) is 6.46. The second kappa shape index (κ2) is 2.42. The summed E-state index contributed by atoms with van der Waals surface area (Å²) in [4.78, 5) is 11.2. The van der Waals surface area contributed by atoms with Crippen LogP contribution in [-0.4, -0.2) is 12.6 Å². The Morgan fingerprint density at radius 3 is 3.36 bits per heavy atom. The number of hydrogen-bond acceptors (Lipinski definition) is 2. The largest absolute Gasteiger partial charge is 0.477 e. The molecule has 3 nitrogen and oxygen atoms in total. The normalized spacial score (nSPS) is 28.2. The third-order valence-electron chi connectivity index (χ3n) is 1.91. The highest BCUT2D eigenvalue weighted by atomic mass is 16.5. The predicted molar refractivity (Wildman–Crippen MR) is 39.4 cm³/mol. The first-order valence-electron chi connectivity index (χ1n) is 3.65. The summed E-state index contributed by atoms with van der Waals surface area (Å²) in [6.07, 6.45) is 6.51. The van der Waals surface area contributed by atoms with E-state index >= 15 is 0 Å². The van der Waals surface area contributed by atoms with Crippen molar-refractivity contribution in [3.63, 3.8) is 0 Å². The van der Waals surface area contributed by atoms with E-state index in [1.165, 1.54) is 0 Å². The fourth-order valence-corrected chi connectivity index (χ4v) is 1.31. The average molecular weight is 151 g/mol. The maximum absolute atomic E-state index is 11.2. The number of allylic oxidation sites excluding steroid dienone is 3. The molecule has 58 valence electrons. The zero-order valence-electron chi connectivity index (χ0n) is 6.04. The van der Waals surface area contributed by atoms with Crippen LogP contribution in [0.3, 0.4) is 0 Å². The SMILES string of the molecule is O=C1NCOC2=CC=CCC12. The summed E-state index contributed by atoms with van der Waals surface area (Å²) in [5, 5.41) is 2.65. The van der Waals surface area contributed by atoms with Crippen molar-refractivity contribution in [2.24, 2.45) is 5.92 Å². The van der Waals surface area contributed by atoms with E-state index in [0.717, 1.165) is 12.2 Å². The molecule has 0 aromatic carbocycles. The highest BCUT2D eigenvalue weighted by Crippen LogP contribution is 2.23. The Bertz CT molecular complexity index is 242. The van der Waals surface area contributed by atoms with Crippen LogP contribution in [0.4, 0.5) is 0 Å². The molecule has 0 aromatic rings. The van der Waals surface area contributed by atoms with Crippen molar-refractivity contribution in [1.29, 1.82) is 0 Å². The Morgan fingerprint density at radius 1 is 1.64 bits per heavy atom. The van der Waals surface area contributed by atoms with Crippen LogP contribution in [0.1, 0.15) is 6.42 Å². The van der Waals surface area contributed by atoms with Crippen LogP contribution in [0, 0.1) is 5.92 Å². The third kappa shape index (κ3) is 1.02. The van der Waals surface area contributed by atoms with Gasteiger partial charge in [0.1, 0.15) is 5.76 Å². The minimum atomic E-state index is -0.0752. The van der Waals surface area contributed by atoms with Gasteiger partial charge in [-0.25, -0.2) is 0 Å². The standard InChI is InChI=1S/C8H9NO2/c10-8-6-3-1-2-4-7(6)11-5-9-8/h1-2,4,6H,3,5H2,(H,9,10). The summed E-state index contributed by atoms with van der Waals surface area (Å²) in [5.74, 6) is 0.803. The van der Waals surface area contributed by atoms with Crippen molar-refractivity contribution in [1.82, 2.24) is 5.32 Å². The van der Waals surface area contributed by atoms with Crippen molar-refractivity contribution >= 4 is 5.91 Å². The highest BCUT2D eigenvalue weighted by molar-refractivity contribution is 5.82. The lowest BCUT2D eigenvalue weighted by Crippen LogP contribution is -2.39. The van der Waals surface area contributed by atoms with Crippen molar-refractivity contribution in [3.8, 4) is 0 Å². The quantitative estimate of drug-likeness (QED) is 0.549. The van der Waals surface area contributed by atoms with Crippen LogP contribution in [-0.2, 0) is 9.53 Å². The Balaban J connectivity index is 2.24. The number of amides is 1. The van der Waals surface area contributed by atoms with Crippen molar-refractivity contribution in [3.05, 3.63) is 24.0 Å². The van der Waals surface area contributed by atoms with Gasteiger partial charge in [0.2, 0.25) is 5.91 Å². The smallest absolute Gasteiger partial charge is 0.233 e. The van der Waals surface area contributed by atoms with Gasteiger partial charge in [0.15, 0.2) is 6.73 Å². The lowest BCUT2D eigenvalue weighted by atomic mass is 9.97. The molecule has 1 fully saturated rings. The number of hydrogen-bond donors (Lipinski definition) is 1. The summed E-state index contributed by atoms with van der Waals surface area (Å²) in [5.41, 5.74) is 0. The third-order valence-corrected chi connectivity index (χ3v) is 1.91. The van der Waals surface area contributed by atoms with E-state index in [-0.39, 0.29) is 11.8 Å². The summed E-state index contributed by atoms with van der Waals surface area (Å²) >= 11 is 0. The van der Waals surface area contributed by atoms with Gasteiger partial charge in [0.25, 0.3) is 0 Å². The number of carbonyl (C=O) groups is 1. The van der Waals surface area contributed by atoms with E-state index < -0.39 is 0 Å². The fraction of sp³-hybridized carbons (Fsp3) is 0.375. The van der Waals surface area contributed by atoms with E-state index in [2.05, 4.69) is 5.32 Å². The molecule has 1 unspecified atom stereocenters. The summed E-state index contributed by atoms with van der Waals surface area (Å²) in [7, 11) is 0. The second-order valence-corrected chi connectivity index (χ2v) is 2.62. The molecule has 1 N–H and O–H groups in total. The average Bonchev–Trinajstić information content (AvgIpc) is 2.06. The monoisotopic (exact) mass is 151 g/mol. The first-order valence-corrected chi connectivity index (χ1v) is 3.65. The van der Waals surface area contributed by atoms with Gasteiger partial charge < -0.3 is 10.1 Å². The minimum Gasteiger partial charge on any atom is -0.477 e. The van der Waals surface area contributed by atoms with Gasteiger partial charge in [-0.2, -0.15) is 0 Å². The van der Waals surface area contributed by atoms with E-state index in [1.54, 1.807) is 0 Å². The lowest BCUT2D eigenvalue weighted by molar-refractivity contribution is -0.129. The molecule has 1 atom stereocenters. The van der Waals surface area contributed by atoms with Gasteiger partial charge >= 0.3 is 0 Å². The zero-order chi connectivity index (χ0) is 7.68. The Kier molecular flexibility index (Phi) is 1.42. The van der Waals surface area contributed by atoms with Crippen molar-refractivity contribution < 1.29 is 9.53 Å². The first-order chi connectivity index (χ1) is 5.38. The van der Waals surface area contributed by atoms with E-state index in [9.17, 15) is 4.79 Å². The highest BCUT2D eigenvalue weighted by Gasteiger charge is 2.27. The molecule has 2 rings (SSSR count). The molecule has 11 heavy (non-hydrogen) atoms. The molecule has 0 radical (unpaired) electrons. The molecular weight excluding hydrogens is 142 g/mol. The lowest BCUT2D eigenvalue weighted by Gasteiger charge is -2.26. The number of ether oxygens (including phenoxy) is 1. The van der Waals surface area contributed by atoms with E-state index in [0.29, 0.717) is 6.73 Å². The molecule has 0 spiro atoms. The van der Waals surface area contributed by atoms with Crippen LogP contribution in [0.15, 0.2) is 24.0 Å². The van der Waals surface area contributed by atoms with Gasteiger partial charge in [-0.3, -0.25) is 4.79 Å². The van der Waals surface area contributed by atoms with Gasteiger partial charge in [0.05, 0.1) is 5.92 Å². The molecular formula is C8H9NO2. The summed E-state index contributed by atoms with van der Waals surface area (Å²) < 4.78 is 5.23.